The van der Waals surface area contributed by atoms with Gasteiger partial charge in [0.05, 0.1) is 6.04 Å². The van der Waals surface area contributed by atoms with Crippen LogP contribution in [0.25, 0.3) is 0 Å². The normalized spacial score (nSPS) is 18.2. The van der Waals surface area contributed by atoms with E-state index in [1.54, 1.807) is 29.2 Å². The first-order valence-electron chi connectivity index (χ1n) is 8.28. The van der Waals surface area contributed by atoms with E-state index in [0.717, 1.165) is 6.07 Å². The number of halogens is 3. The molecular weight excluding hydrogens is 331 g/mol. The Balaban J connectivity index is 1.82. The molecule has 0 saturated carbocycles. The first kappa shape index (κ1) is 17.5. The predicted molar refractivity (Wildman–Crippen MR) is 87.3 cm³/mol. The summed E-state index contributed by atoms with van der Waals surface area (Å²) in [4.78, 5) is 14.2. The summed E-state index contributed by atoms with van der Waals surface area (Å²) in [5.41, 5.74) is 0.263. The molecule has 2 aromatic rings. The molecule has 1 saturated heterocycles. The zero-order valence-electron chi connectivity index (χ0n) is 14.1. The van der Waals surface area contributed by atoms with Gasteiger partial charge in [-0.3, -0.25) is 9.48 Å². The van der Waals surface area contributed by atoms with E-state index in [0.29, 0.717) is 30.8 Å². The summed E-state index contributed by atoms with van der Waals surface area (Å²) in [5, 5.41) is 3.80. The largest absolute Gasteiger partial charge is 0.435 e. The molecule has 0 N–H and O–H groups in total. The SMILES string of the molecule is CC(C)c1cc(C(F)(F)F)nn1C1CCN(C(=O)c2ccccc2)C1. The van der Waals surface area contributed by atoms with Gasteiger partial charge >= 0.3 is 6.18 Å². The molecule has 1 amide bonds. The van der Waals surface area contributed by atoms with Gasteiger partial charge in [-0.05, 0) is 30.5 Å². The summed E-state index contributed by atoms with van der Waals surface area (Å²) in [6, 6.07) is 9.78. The Kier molecular flexibility index (Phi) is 4.58. The van der Waals surface area contributed by atoms with Gasteiger partial charge in [-0.1, -0.05) is 32.0 Å². The maximum atomic E-state index is 13.0. The monoisotopic (exact) mass is 351 g/mol. The Morgan fingerprint density at radius 3 is 2.52 bits per heavy atom. The molecule has 134 valence electrons. The van der Waals surface area contributed by atoms with Gasteiger partial charge in [0.1, 0.15) is 0 Å². The number of benzene rings is 1. The number of alkyl halides is 3. The van der Waals surface area contributed by atoms with Crippen molar-refractivity contribution in [1.82, 2.24) is 14.7 Å². The average molecular weight is 351 g/mol. The summed E-state index contributed by atoms with van der Waals surface area (Å²) in [6.45, 7) is 4.56. The first-order valence-corrected chi connectivity index (χ1v) is 8.28. The van der Waals surface area contributed by atoms with Crippen LogP contribution in [-0.2, 0) is 6.18 Å². The summed E-state index contributed by atoms with van der Waals surface area (Å²) >= 11 is 0. The fourth-order valence-electron chi connectivity index (χ4n) is 3.16. The fourth-order valence-corrected chi connectivity index (χ4v) is 3.16. The van der Waals surface area contributed by atoms with Crippen LogP contribution in [0, 0.1) is 0 Å². The molecule has 0 aliphatic carbocycles. The number of nitrogens with zero attached hydrogens (tertiary/aromatic N) is 3. The van der Waals surface area contributed by atoms with Gasteiger partial charge in [0.25, 0.3) is 5.91 Å². The molecule has 0 bridgehead atoms. The van der Waals surface area contributed by atoms with E-state index in [9.17, 15) is 18.0 Å². The molecule has 4 nitrogen and oxygen atoms in total. The summed E-state index contributed by atoms with van der Waals surface area (Å²) in [7, 11) is 0. The van der Waals surface area contributed by atoms with Crippen LogP contribution >= 0.6 is 0 Å². The highest BCUT2D eigenvalue weighted by Gasteiger charge is 2.37. The second-order valence-corrected chi connectivity index (χ2v) is 6.61. The molecule has 1 aromatic heterocycles. The molecule has 1 fully saturated rings. The van der Waals surface area contributed by atoms with Gasteiger partial charge in [0.15, 0.2) is 5.69 Å². The molecule has 0 radical (unpaired) electrons. The van der Waals surface area contributed by atoms with E-state index >= 15 is 0 Å². The number of rotatable bonds is 3. The van der Waals surface area contributed by atoms with E-state index in [4.69, 9.17) is 0 Å². The lowest BCUT2D eigenvalue weighted by Gasteiger charge is -2.19. The molecular formula is C18H20F3N3O. The fraction of sp³-hybridized carbons (Fsp3) is 0.444. The zero-order chi connectivity index (χ0) is 18.2. The molecule has 1 aliphatic heterocycles. The Hall–Kier alpha value is -2.31. The minimum atomic E-state index is -4.47. The topological polar surface area (TPSA) is 38.1 Å². The van der Waals surface area contributed by atoms with Crippen LogP contribution in [0.5, 0.6) is 0 Å². The van der Waals surface area contributed by atoms with Crippen molar-refractivity contribution in [3.05, 3.63) is 53.3 Å². The van der Waals surface area contributed by atoms with E-state index < -0.39 is 11.9 Å². The lowest BCUT2D eigenvalue weighted by molar-refractivity contribution is -0.141. The molecule has 0 spiro atoms. The van der Waals surface area contributed by atoms with Crippen molar-refractivity contribution in [2.75, 3.05) is 13.1 Å². The van der Waals surface area contributed by atoms with Crippen molar-refractivity contribution in [3.8, 4) is 0 Å². The van der Waals surface area contributed by atoms with Gasteiger partial charge in [-0.25, -0.2) is 0 Å². The lowest BCUT2D eigenvalue weighted by Crippen LogP contribution is -2.29. The van der Waals surface area contributed by atoms with Crippen molar-refractivity contribution in [1.29, 1.82) is 0 Å². The van der Waals surface area contributed by atoms with Crippen LogP contribution < -0.4 is 0 Å². The molecule has 7 heteroatoms. The molecule has 1 unspecified atom stereocenters. The highest BCUT2D eigenvalue weighted by molar-refractivity contribution is 5.94. The van der Waals surface area contributed by atoms with Gasteiger partial charge in [-0.15, -0.1) is 0 Å². The quantitative estimate of drug-likeness (QED) is 0.835. The number of hydrogen-bond acceptors (Lipinski definition) is 2. The van der Waals surface area contributed by atoms with Crippen molar-refractivity contribution in [2.45, 2.75) is 38.4 Å². The van der Waals surface area contributed by atoms with Gasteiger partial charge < -0.3 is 4.90 Å². The third kappa shape index (κ3) is 3.55. The zero-order valence-corrected chi connectivity index (χ0v) is 14.1. The van der Waals surface area contributed by atoms with Crippen molar-refractivity contribution >= 4 is 5.91 Å². The van der Waals surface area contributed by atoms with Crippen LogP contribution in [-0.4, -0.2) is 33.7 Å². The third-order valence-corrected chi connectivity index (χ3v) is 4.46. The van der Waals surface area contributed by atoms with Gasteiger partial charge in [0, 0.05) is 24.3 Å². The maximum absolute atomic E-state index is 13.0. The summed E-state index contributed by atoms with van der Waals surface area (Å²) in [5.74, 6) is -0.181. The predicted octanol–water partition coefficient (Wildman–Crippen LogP) is 4.11. The molecule has 1 aromatic carbocycles. The highest BCUT2D eigenvalue weighted by atomic mass is 19.4. The number of carbonyl (C=O) groups excluding carboxylic acids is 1. The minimum absolute atomic E-state index is 0.0810. The van der Waals surface area contributed by atoms with Crippen LogP contribution in [0.4, 0.5) is 13.2 Å². The maximum Gasteiger partial charge on any atom is 0.435 e. The molecule has 3 rings (SSSR count). The van der Waals surface area contributed by atoms with Crippen LogP contribution in [0.15, 0.2) is 36.4 Å². The Labute approximate surface area is 144 Å². The second kappa shape index (κ2) is 6.54. The average Bonchev–Trinajstić information content (AvgIpc) is 3.21. The Morgan fingerprint density at radius 1 is 1.24 bits per heavy atom. The highest BCUT2D eigenvalue weighted by Crippen LogP contribution is 2.33. The van der Waals surface area contributed by atoms with E-state index in [1.165, 1.54) is 4.68 Å². The molecule has 25 heavy (non-hydrogen) atoms. The van der Waals surface area contributed by atoms with Crippen LogP contribution in [0.2, 0.25) is 0 Å². The number of amides is 1. The van der Waals surface area contributed by atoms with Crippen LogP contribution in [0.1, 0.15) is 54.0 Å². The molecule has 2 heterocycles. The van der Waals surface area contributed by atoms with Gasteiger partial charge in [-0.2, -0.15) is 18.3 Å². The van der Waals surface area contributed by atoms with Crippen molar-refractivity contribution in [3.63, 3.8) is 0 Å². The number of aromatic nitrogens is 2. The first-order chi connectivity index (χ1) is 11.8. The third-order valence-electron chi connectivity index (χ3n) is 4.46. The van der Waals surface area contributed by atoms with Crippen LogP contribution in [0.3, 0.4) is 0 Å². The standard InChI is InChI=1S/C18H20F3N3O/c1-12(2)15-10-16(18(19,20)21)22-24(15)14-8-9-23(11-14)17(25)13-6-4-3-5-7-13/h3-7,10,12,14H,8-9,11H2,1-2H3. The molecule has 1 atom stereocenters. The Bertz CT molecular complexity index is 753. The number of hydrogen-bond donors (Lipinski definition) is 0. The van der Waals surface area contributed by atoms with Crippen molar-refractivity contribution in [2.24, 2.45) is 0 Å². The number of likely N-dealkylation sites (tertiary alicyclic amines) is 1. The van der Waals surface area contributed by atoms with Gasteiger partial charge in [0.2, 0.25) is 0 Å². The lowest BCUT2D eigenvalue weighted by atomic mass is 10.1. The van der Waals surface area contributed by atoms with E-state index in [1.807, 2.05) is 19.9 Å². The van der Waals surface area contributed by atoms with E-state index in [-0.39, 0.29) is 17.9 Å². The smallest absolute Gasteiger partial charge is 0.336 e. The minimum Gasteiger partial charge on any atom is -0.336 e. The Morgan fingerprint density at radius 2 is 1.92 bits per heavy atom. The molecule has 1 aliphatic rings. The summed E-state index contributed by atoms with van der Waals surface area (Å²) in [6.07, 6.45) is -3.87. The summed E-state index contributed by atoms with van der Waals surface area (Å²) < 4.78 is 40.5. The second-order valence-electron chi connectivity index (χ2n) is 6.61. The number of carbonyl (C=O) groups is 1. The van der Waals surface area contributed by atoms with Crippen molar-refractivity contribution < 1.29 is 18.0 Å². The van der Waals surface area contributed by atoms with E-state index in [2.05, 4.69) is 5.10 Å².